The maximum atomic E-state index is 11.3. The number of carbonyl (C=O) groups excluding carboxylic acids is 1. The first-order valence-electron chi connectivity index (χ1n) is 7.10. The first-order chi connectivity index (χ1) is 10.1. The van der Waals surface area contributed by atoms with Gasteiger partial charge in [0.1, 0.15) is 0 Å². The van der Waals surface area contributed by atoms with E-state index in [1.165, 1.54) is 11.3 Å². The van der Waals surface area contributed by atoms with Gasteiger partial charge in [-0.15, -0.1) is 0 Å². The zero-order valence-electron chi connectivity index (χ0n) is 11.8. The van der Waals surface area contributed by atoms with E-state index in [2.05, 4.69) is 17.0 Å². The third kappa shape index (κ3) is 2.90. The lowest BCUT2D eigenvalue weighted by molar-refractivity contribution is 0.1000. The van der Waals surface area contributed by atoms with Crippen LogP contribution in [0.4, 0.5) is 5.69 Å². The molecule has 0 spiro atoms. The smallest absolute Gasteiger partial charge is 0.248 e. The Labute approximate surface area is 124 Å². The van der Waals surface area contributed by atoms with Crippen LogP contribution < -0.4 is 16.4 Å². The second kappa shape index (κ2) is 5.58. The summed E-state index contributed by atoms with van der Waals surface area (Å²) in [4.78, 5) is 13.6. The molecule has 1 heterocycles. The molecule has 21 heavy (non-hydrogen) atoms. The van der Waals surface area contributed by atoms with Gasteiger partial charge in [0, 0.05) is 30.4 Å². The number of carbonyl (C=O) groups is 1. The molecule has 0 bridgehead atoms. The number of benzene rings is 2. The number of anilines is 1. The van der Waals surface area contributed by atoms with E-state index in [1.807, 2.05) is 30.3 Å². The molecule has 3 rings (SSSR count). The predicted octanol–water partition coefficient (Wildman–Crippen LogP) is 1.68. The minimum absolute atomic E-state index is 0.138. The van der Waals surface area contributed by atoms with E-state index in [9.17, 15) is 4.79 Å². The van der Waals surface area contributed by atoms with Crippen LogP contribution in [0.1, 0.15) is 21.5 Å². The summed E-state index contributed by atoms with van der Waals surface area (Å²) in [5.74, 6) is -0.396. The van der Waals surface area contributed by atoms with Gasteiger partial charge in [0.2, 0.25) is 5.91 Å². The lowest BCUT2D eigenvalue weighted by atomic mass is 9.97. The summed E-state index contributed by atoms with van der Waals surface area (Å²) in [5.41, 5.74) is 15.6. The summed E-state index contributed by atoms with van der Waals surface area (Å²) in [5, 5.41) is 0. The molecule has 4 N–H and O–H groups in total. The third-order valence-electron chi connectivity index (χ3n) is 3.85. The summed E-state index contributed by atoms with van der Waals surface area (Å²) >= 11 is 0. The highest BCUT2D eigenvalue weighted by Crippen LogP contribution is 2.27. The van der Waals surface area contributed by atoms with Crippen molar-refractivity contribution < 1.29 is 4.79 Å². The lowest BCUT2D eigenvalue weighted by Crippen LogP contribution is -2.42. The molecule has 0 saturated carbocycles. The van der Waals surface area contributed by atoms with Crippen molar-refractivity contribution in [3.8, 4) is 0 Å². The highest BCUT2D eigenvalue weighted by Gasteiger charge is 2.21. The van der Waals surface area contributed by atoms with E-state index >= 15 is 0 Å². The van der Waals surface area contributed by atoms with Crippen molar-refractivity contribution in [2.45, 2.75) is 19.0 Å². The maximum absolute atomic E-state index is 11.3. The molecule has 1 aliphatic heterocycles. The highest BCUT2D eigenvalue weighted by atomic mass is 16.1. The van der Waals surface area contributed by atoms with Crippen LogP contribution in [0.3, 0.4) is 0 Å². The first-order valence-corrected chi connectivity index (χ1v) is 7.10. The molecule has 0 aromatic heterocycles. The van der Waals surface area contributed by atoms with Crippen LogP contribution in [0.25, 0.3) is 0 Å². The van der Waals surface area contributed by atoms with Crippen molar-refractivity contribution in [1.82, 2.24) is 0 Å². The summed E-state index contributed by atoms with van der Waals surface area (Å²) in [6, 6.07) is 15.9. The number of nitrogens with two attached hydrogens (primary N) is 2. The Kier molecular flexibility index (Phi) is 3.62. The van der Waals surface area contributed by atoms with Gasteiger partial charge < -0.3 is 16.4 Å². The van der Waals surface area contributed by atoms with Gasteiger partial charge in [0.05, 0.1) is 0 Å². The second-order valence-corrected chi connectivity index (χ2v) is 5.54. The Hall–Kier alpha value is -2.33. The summed E-state index contributed by atoms with van der Waals surface area (Å²) in [6.45, 7) is 1.55. The molecule has 108 valence electrons. The molecule has 2 aromatic rings. The highest BCUT2D eigenvalue weighted by molar-refractivity contribution is 5.92. The monoisotopic (exact) mass is 281 g/mol. The van der Waals surface area contributed by atoms with Crippen molar-refractivity contribution in [2.24, 2.45) is 11.5 Å². The number of hydrogen-bond acceptors (Lipinski definition) is 3. The molecule has 2 aromatic carbocycles. The Morgan fingerprint density at radius 3 is 2.81 bits per heavy atom. The number of hydrogen-bond donors (Lipinski definition) is 2. The lowest BCUT2D eigenvalue weighted by Gasteiger charge is -2.34. The van der Waals surface area contributed by atoms with E-state index in [-0.39, 0.29) is 6.04 Å². The molecular weight excluding hydrogens is 262 g/mol. The van der Waals surface area contributed by atoms with Crippen molar-refractivity contribution in [2.75, 3.05) is 11.4 Å². The van der Waals surface area contributed by atoms with E-state index in [1.54, 1.807) is 6.07 Å². The molecule has 0 radical (unpaired) electrons. The minimum Gasteiger partial charge on any atom is -0.366 e. The molecule has 1 aliphatic rings. The van der Waals surface area contributed by atoms with E-state index in [0.717, 1.165) is 25.1 Å². The molecular formula is C17H19N3O. The van der Waals surface area contributed by atoms with Crippen LogP contribution in [-0.4, -0.2) is 18.5 Å². The van der Waals surface area contributed by atoms with Gasteiger partial charge in [-0.05, 0) is 35.7 Å². The number of fused-ring (bicyclic) bond motifs is 1. The SMILES string of the molecule is NC(=O)c1cccc(CN2CC(N)Cc3ccccc32)c1. The molecule has 0 fully saturated rings. The Morgan fingerprint density at radius 1 is 1.19 bits per heavy atom. The Morgan fingerprint density at radius 2 is 2.00 bits per heavy atom. The first kappa shape index (κ1) is 13.6. The molecule has 0 aliphatic carbocycles. The van der Waals surface area contributed by atoms with Crippen LogP contribution in [0.5, 0.6) is 0 Å². The zero-order chi connectivity index (χ0) is 14.8. The third-order valence-corrected chi connectivity index (χ3v) is 3.85. The summed E-state index contributed by atoms with van der Waals surface area (Å²) < 4.78 is 0. The molecule has 4 heteroatoms. The summed E-state index contributed by atoms with van der Waals surface area (Å²) in [7, 11) is 0. The Bertz CT molecular complexity index is 669. The number of para-hydroxylation sites is 1. The number of primary amides is 1. The Balaban J connectivity index is 1.88. The van der Waals surface area contributed by atoms with Crippen molar-refractivity contribution in [3.63, 3.8) is 0 Å². The van der Waals surface area contributed by atoms with Gasteiger partial charge in [-0.3, -0.25) is 4.79 Å². The second-order valence-electron chi connectivity index (χ2n) is 5.54. The predicted molar refractivity (Wildman–Crippen MR) is 84.1 cm³/mol. The van der Waals surface area contributed by atoms with Crippen molar-refractivity contribution in [1.29, 1.82) is 0 Å². The average Bonchev–Trinajstić information content (AvgIpc) is 2.47. The molecule has 0 saturated heterocycles. The summed E-state index contributed by atoms with van der Waals surface area (Å²) in [6.07, 6.45) is 0.911. The standard InChI is InChI=1S/C17H19N3O/c18-15-9-13-5-1-2-7-16(13)20(11-15)10-12-4-3-6-14(8-12)17(19)21/h1-8,15H,9-11,18H2,(H2,19,21). The van der Waals surface area contributed by atoms with Gasteiger partial charge in [0.15, 0.2) is 0 Å². The fourth-order valence-corrected chi connectivity index (χ4v) is 2.91. The largest absolute Gasteiger partial charge is 0.366 e. The molecule has 4 nitrogen and oxygen atoms in total. The molecule has 1 amide bonds. The van der Waals surface area contributed by atoms with Crippen LogP contribution in [0.2, 0.25) is 0 Å². The fourth-order valence-electron chi connectivity index (χ4n) is 2.91. The van der Waals surface area contributed by atoms with Gasteiger partial charge in [0.25, 0.3) is 0 Å². The van der Waals surface area contributed by atoms with Crippen LogP contribution >= 0.6 is 0 Å². The van der Waals surface area contributed by atoms with Crippen molar-refractivity contribution in [3.05, 3.63) is 65.2 Å². The van der Waals surface area contributed by atoms with Gasteiger partial charge in [-0.1, -0.05) is 30.3 Å². The van der Waals surface area contributed by atoms with Gasteiger partial charge in [-0.2, -0.15) is 0 Å². The van der Waals surface area contributed by atoms with Gasteiger partial charge in [-0.25, -0.2) is 0 Å². The van der Waals surface area contributed by atoms with E-state index < -0.39 is 5.91 Å². The van der Waals surface area contributed by atoms with E-state index in [4.69, 9.17) is 11.5 Å². The van der Waals surface area contributed by atoms with Crippen LogP contribution in [0.15, 0.2) is 48.5 Å². The van der Waals surface area contributed by atoms with E-state index in [0.29, 0.717) is 5.56 Å². The van der Waals surface area contributed by atoms with Crippen molar-refractivity contribution >= 4 is 11.6 Å². The molecule has 1 atom stereocenters. The maximum Gasteiger partial charge on any atom is 0.248 e. The average molecular weight is 281 g/mol. The van der Waals surface area contributed by atoms with Crippen LogP contribution in [0, 0.1) is 0 Å². The molecule has 1 unspecified atom stereocenters. The minimum atomic E-state index is -0.396. The van der Waals surface area contributed by atoms with Gasteiger partial charge >= 0.3 is 0 Å². The topological polar surface area (TPSA) is 72.4 Å². The zero-order valence-corrected chi connectivity index (χ0v) is 11.8. The number of amides is 1. The number of rotatable bonds is 3. The quantitative estimate of drug-likeness (QED) is 0.899. The fraction of sp³-hybridized carbons (Fsp3) is 0.235. The number of nitrogens with zero attached hydrogens (tertiary/aromatic N) is 1. The van der Waals surface area contributed by atoms with Crippen LogP contribution in [-0.2, 0) is 13.0 Å². The normalized spacial score (nSPS) is 17.4.